The summed E-state index contributed by atoms with van der Waals surface area (Å²) in [5.41, 5.74) is 0. The molecule has 0 spiro atoms. The minimum Gasteiger partial charge on any atom is -0.302 e. The number of fused-ring (bicyclic) bond motifs is 1. The van der Waals surface area contributed by atoms with Crippen molar-refractivity contribution < 1.29 is 32.1 Å². The predicted molar refractivity (Wildman–Crippen MR) is 68.4 cm³/mol. The third-order valence-corrected chi connectivity index (χ3v) is 6.83. The molecule has 0 radical (unpaired) electrons. The smallest absolute Gasteiger partial charge is 0.302 e. The van der Waals surface area contributed by atoms with E-state index in [9.17, 15) is 18.9 Å². The van der Waals surface area contributed by atoms with E-state index < -0.39 is 24.6 Å². The highest BCUT2D eigenvalue weighted by Gasteiger charge is 2.37. The van der Waals surface area contributed by atoms with Crippen LogP contribution in [-0.2, 0) is 22.3 Å². The Hall–Kier alpha value is 0.610. The van der Waals surface area contributed by atoms with Crippen molar-refractivity contribution in [2.75, 3.05) is 6.73 Å². The molecule has 19 heavy (non-hydrogen) atoms. The van der Waals surface area contributed by atoms with E-state index in [1.807, 2.05) is 0 Å². The number of hydrogen-bond acceptors (Lipinski definition) is 7. The van der Waals surface area contributed by atoms with E-state index in [2.05, 4.69) is 23.5 Å². The number of hydrogen-bond donors (Lipinski definition) is 4. The first-order valence-corrected chi connectivity index (χ1v) is 9.72. The molecule has 2 rings (SSSR count). The standard InChI is InChI=1S/C7H17N2O7P3/c10-18(11)14-5-8-6-3-1-2-4-7(6)9-17-15-19(12,13)16-18/h6-9,17H,1-5H2,(H,10,11)(H,12,13)/t6-,7-/m0/s1. The second-order valence-electron chi connectivity index (χ2n) is 4.33. The molecule has 1 saturated carbocycles. The van der Waals surface area contributed by atoms with E-state index in [0.29, 0.717) is 0 Å². The molecule has 1 aliphatic carbocycles. The van der Waals surface area contributed by atoms with Gasteiger partial charge in [-0.2, -0.15) is 4.31 Å². The molecule has 0 bridgehead atoms. The van der Waals surface area contributed by atoms with Crippen LogP contribution in [0, 0.1) is 0 Å². The van der Waals surface area contributed by atoms with Gasteiger partial charge in [-0.1, -0.05) is 12.8 Å². The van der Waals surface area contributed by atoms with Crippen LogP contribution < -0.4 is 10.4 Å². The Morgan fingerprint density at radius 1 is 1.11 bits per heavy atom. The Morgan fingerprint density at radius 3 is 2.53 bits per heavy atom. The molecular weight excluding hydrogens is 317 g/mol. The zero-order chi connectivity index (χ0) is 13.9. The molecule has 0 aromatic heterocycles. The van der Waals surface area contributed by atoms with Crippen molar-refractivity contribution in [1.82, 2.24) is 10.4 Å². The van der Waals surface area contributed by atoms with Gasteiger partial charge in [0.25, 0.3) is 0 Å². The molecule has 0 aromatic rings. The van der Waals surface area contributed by atoms with Gasteiger partial charge in [0.1, 0.15) is 15.7 Å². The van der Waals surface area contributed by atoms with Crippen LogP contribution in [0.1, 0.15) is 25.7 Å². The SMILES string of the molecule is O=P1(O)OCN[C@H]2CCCC[C@@H]2NPOP(=O)(O)O1. The van der Waals surface area contributed by atoms with Crippen LogP contribution in [0.5, 0.6) is 0 Å². The highest BCUT2D eigenvalue weighted by molar-refractivity contribution is 7.64. The zero-order valence-corrected chi connectivity index (χ0v) is 12.8. The van der Waals surface area contributed by atoms with E-state index >= 15 is 0 Å². The second kappa shape index (κ2) is 6.58. The molecule has 2 fully saturated rings. The minimum atomic E-state index is -4.62. The minimum absolute atomic E-state index is 0.0565. The molecule has 5 atom stereocenters. The van der Waals surface area contributed by atoms with Gasteiger partial charge in [-0.3, -0.25) is 19.2 Å². The molecule has 12 heteroatoms. The molecular formula is C7H17N2O7P3. The summed E-state index contributed by atoms with van der Waals surface area (Å²) in [6.45, 7) is -0.236. The van der Waals surface area contributed by atoms with E-state index in [4.69, 9.17) is 0 Å². The molecule has 1 heterocycles. The normalized spacial score (nSPS) is 47.3. The summed E-state index contributed by atoms with van der Waals surface area (Å²) in [5, 5.41) is 5.99. The van der Waals surface area contributed by atoms with Gasteiger partial charge >= 0.3 is 15.6 Å². The molecule has 1 saturated heterocycles. The summed E-state index contributed by atoms with van der Waals surface area (Å²) in [4.78, 5) is 18.5. The number of nitrogens with one attached hydrogen (secondary N) is 2. The molecule has 2 aliphatic rings. The molecule has 112 valence electrons. The largest absolute Gasteiger partial charge is 0.485 e. The highest BCUT2D eigenvalue weighted by Crippen LogP contribution is 2.62. The Balaban J connectivity index is 2.06. The fourth-order valence-electron chi connectivity index (χ4n) is 2.10. The van der Waals surface area contributed by atoms with Gasteiger partial charge in [0.15, 0.2) is 0 Å². The molecule has 0 amide bonds. The average Bonchev–Trinajstić information content (AvgIpc) is 2.30. The summed E-state index contributed by atoms with van der Waals surface area (Å²) in [6, 6.07) is 0.118. The summed E-state index contributed by atoms with van der Waals surface area (Å²) >= 11 is 0. The lowest BCUT2D eigenvalue weighted by atomic mass is 9.91. The second-order valence-corrected chi connectivity index (χ2v) is 8.34. The van der Waals surface area contributed by atoms with Crippen molar-refractivity contribution in [2.45, 2.75) is 37.8 Å². The summed E-state index contributed by atoms with van der Waals surface area (Å²) in [7, 11) is -9.72. The zero-order valence-electron chi connectivity index (χ0n) is 10.0. The summed E-state index contributed by atoms with van der Waals surface area (Å²) in [5.74, 6) is 0. The number of phosphoric ester groups is 1. The molecule has 9 nitrogen and oxygen atoms in total. The third-order valence-electron chi connectivity index (χ3n) is 2.95. The van der Waals surface area contributed by atoms with E-state index in [1.165, 1.54) is 0 Å². The first-order valence-electron chi connectivity index (χ1n) is 5.82. The maximum Gasteiger partial charge on any atom is 0.485 e. The predicted octanol–water partition coefficient (Wildman–Crippen LogP) is 1.21. The summed E-state index contributed by atoms with van der Waals surface area (Å²) in [6.07, 6.45) is 3.87. The van der Waals surface area contributed by atoms with E-state index in [1.54, 1.807) is 0 Å². The van der Waals surface area contributed by atoms with Crippen LogP contribution in [0.25, 0.3) is 0 Å². The number of rotatable bonds is 0. The fraction of sp³-hybridized carbons (Fsp3) is 1.00. The topological polar surface area (TPSA) is 126 Å². The molecule has 1 aliphatic heterocycles. The van der Waals surface area contributed by atoms with Crippen molar-refractivity contribution in [2.24, 2.45) is 0 Å². The van der Waals surface area contributed by atoms with Gasteiger partial charge in [-0.25, -0.2) is 9.13 Å². The van der Waals surface area contributed by atoms with Crippen LogP contribution in [-0.4, -0.2) is 28.6 Å². The lowest BCUT2D eigenvalue weighted by Crippen LogP contribution is -2.47. The Kier molecular flexibility index (Phi) is 5.54. The highest BCUT2D eigenvalue weighted by atomic mass is 31.3. The van der Waals surface area contributed by atoms with Gasteiger partial charge in [-0.05, 0) is 12.8 Å². The molecule has 0 aromatic carbocycles. The monoisotopic (exact) mass is 334 g/mol. The van der Waals surface area contributed by atoms with Crippen LogP contribution in [0.2, 0.25) is 0 Å². The molecule has 3 unspecified atom stereocenters. The van der Waals surface area contributed by atoms with Crippen molar-refractivity contribution in [3.8, 4) is 0 Å². The van der Waals surface area contributed by atoms with Crippen LogP contribution in [0.15, 0.2) is 0 Å². The molecule has 4 N–H and O–H groups in total. The Morgan fingerprint density at radius 2 is 1.79 bits per heavy atom. The van der Waals surface area contributed by atoms with Gasteiger partial charge in [-0.15, -0.1) is 0 Å². The van der Waals surface area contributed by atoms with Gasteiger partial charge < -0.3 is 9.79 Å². The van der Waals surface area contributed by atoms with Crippen molar-refractivity contribution in [1.29, 1.82) is 0 Å². The fourth-order valence-corrected chi connectivity index (χ4v) is 5.18. The lowest BCUT2D eigenvalue weighted by Gasteiger charge is -2.32. The maximum atomic E-state index is 11.4. The van der Waals surface area contributed by atoms with Crippen molar-refractivity contribution >= 4 is 24.6 Å². The Bertz CT molecular complexity index is 372. The number of phosphoric acid groups is 2. The van der Waals surface area contributed by atoms with Crippen LogP contribution in [0.4, 0.5) is 0 Å². The Labute approximate surface area is 112 Å². The van der Waals surface area contributed by atoms with Crippen LogP contribution >= 0.6 is 24.6 Å². The van der Waals surface area contributed by atoms with E-state index in [0.717, 1.165) is 25.7 Å². The quantitative estimate of drug-likeness (QED) is 0.483. The van der Waals surface area contributed by atoms with Gasteiger partial charge in [0, 0.05) is 12.1 Å². The maximum absolute atomic E-state index is 11.4. The van der Waals surface area contributed by atoms with E-state index in [-0.39, 0.29) is 18.8 Å². The van der Waals surface area contributed by atoms with Crippen LogP contribution in [0.3, 0.4) is 0 Å². The first-order chi connectivity index (χ1) is 8.88. The van der Waals surface area contributed by atoms with Crippen molar-refractivity contribution in [3.63, 3.8) is 0 Å². The van der Waals surface area contributed by atoms with Crippen molar-refractivity contribution in [3.05, 3.63) is 0 Å². The average molecular weight is 334 g/mol. The summed E-state index contributed by atoms with van der Waals surface area (Å²) < 4.78 is 36.1. The van der Waals surface area contributed by atoms with Gasteiger partial charge in [0.05, 0.1) is 0 Å². The van der Waals surface area contributed by atoms with Gasteiger partial charge in [0.2, 0.25) is 0 Å². The first kappa shape index (κ1) is 16.0. The lowest BCUT2D eigenvalue weighted by molar-refractivity contribution is 0.158. The third kappa shape index (κ3) is 5.14.